The zero-order chi connectivity index (χ0) is 14.2. The topological polar surface area (TPSA) is 25.2 Å². The molecule has 2 aromatic rings. The molecule has 0 radical (unpaired) electrons. The largest absolute Gasteiger partial charge is 0.459 e. The molecule has 1 aromatic carbocycles. The summed E-state index contributed by atoms with van der Waals surface area (Å²) in [6.45, 7) is 2.23. The standard InChI is InChI=1S/C19H25NO/c1-13(19-12-16-5-2-3-8-18(16)21-19)20-17-7-4-6-15(11-17)14-9-10-14/h2-3,5,8,12-15,17,20H,4,6-7,9-11H2,1H3. The van der Waals surface area contributed by atoms with E-state index in [0.717, 1.165) is 23.2 Å². The average molecular weight is 283 g/mol. The van der Waals surface area contributed by atoms with Crippen molar-refractivity contribution in [2.75, 3.05) is 0 Å². The molecular weight excluding hydrogens is 258 g/mol. The van der Waals surface area contributed by atoms with Gasteiger partial charge >= 0.3 is 0 Å². The molecule has 3 atom stereocenters. The van der Waals surface area contributed by atoms with Crippen molar-refractivity contribution in [1.82, 2.24) is 5.32 Å². The fraction of sp³-hybridized carbons (Fsp3) is 0.579. The van der Waals surface area contributed by atoms with Crippen LogP contribution in [0, 0.1) is 11.8 Å². The van der Waals surface area contributed by atoms with Crippen LogP contribution in [0.25, 0.3) is 11.0 Å². The molecule has 2 nitrogen and oxygen atoms in total. The van der Waals surface area contributed by atoms with E-state index in [2.05, 4.69) is 36.5 Å². The van der Waals surface area contributed by atoms with Gasteiger partial charge < -0.3 is 9.73 Å². The van der Waals surface area contributed by atoms with Crippen molar-refractivity contribution >= 4 is 11.0 Å². The van der Waals surface area contributed by atoms with Gasteiger partial charge in [0.2, 0.25) is 0 Å². The summed E-state index contributed by atoms with van der Waals surface area (Å²) in [6, 6.07) is 11.5. The highest BCUT2D eigenvalue weighted by molar-refractivity contribution is 5.77. The minimum Gasteiger partial charge on any atom is -0.459 e. The van der Waals surface area contributed by atoms with Gasteiger partial charge in [0.1, 0.15) is 11.3 Å². The maximum atomic E-state index is 6.00. The molecule has 4 rings (SSSR count). The van der Waals surface area contributed by atoms with Crippen LogP contribution in [0.4, 0.5) is 0 Å². The number of nitrogens with one attached hydrogen (secondary N) is 1. The van der Waals surface area contributed by atoms with E-state index in [1.165, 1.54) is 43.9 Å². The molecule has 112 valence electrons. The Morgan fingerprint density at radius 2 is 1.95 bits per heavy atom. The number of rotatable bonds is 4. The fourth-order valence-electron chi connectivity index (χ4n) is 4.03. The zero-order valence-electron chi connectivity index (χ0n) is 12.8. The smallest absolute Gasteiger partial charge is 0.134 e. The second-order valence-corrected chi connectivity index (χ2v) is 7.04. The SMILES string of the molecule is CC(NC1CCCC(C2CC2)C1)c1cc2ccccc2o1. The summed E-state index contributed by atoms with van der Waals surface area (Å²) in [7, 11) is 0. The Kier molecular flexibility index (Phi) is 3.50. The maximum absolute atomic E-state index is 6.00. The van der Waals surface area contributed by atoms with Gasteiger partial charge in [-0.25, -0.2) is 0 Å². The Balaban J connectivity index is 1.43. The lowest BCUT2D eigenvalue weighted by atomic mass is 9.82. The summed E-state index contributed by atoms with van der Waals surface area (Å²) < 4.78 is 6.00. The molecule has 0 aliphatic heterocycles. The number of hydrogen-bond acceptors (Lipinski definition) is 2. The van der Waals surface area contributed by atoms with E-state index in [9.17, 15) is 0 Å². The average Bonchev–Trinajstić information content (AvgIpc) is 3.26. The molecule has 2 fully saturated rings. The first kappa shape index (κ1) is 13.4. The van der Waals surface area contributed by atoms with Gasteiger partial charge in [-0.2, -0.15) is 0 Å². The number of fused-ring (bicyclic) bond motifs is 1. The van der Waals surface area contributed by atoms with Crippen molar-refractivity contribution in [3.8, 4) is 0 Å². The van der Waals surface area contributed by atoms with Crippen LogP contribution in [0.15, 0.2) is 34.7 Å². The molecule has 2 aliphatic rings. The first-order valence-corrected chi connectivity index (χ1v) is 8.54. The second kappa shape index (κ2) is 5.49. The highest BCUT2D eigenvalue weighted by atomic mass is 16.3. The van der Waals surface area contributed by atoms with E-state index in [4.69, 9.17) is 4.42 Å². The van der Waals surface area contributed by atoms with E-state index in [1.54, 1.807) is 0 Å². The maximum Gasteiger partial charge on any atom is 0.134 e. The summed E-state index contributed by atoms with van der Waals surface area (Å²) >= 11 is 0. The highest BCUT2D eigenvalue weighted by Gasteiger charge is 2.35. The van der Waals surface area contributed by atoms with Crippen molar-refractivity contribution in [2.24, 2.45) is 11.8 Å². The Morgan fingerprint density at radius 3 is 2.76 bits per heavy atom. The lowest BCUT2D eigenvalue weighted by molar-refractivity contribution is 0.243. The summed E-state index contributed by atoms with van der Waals surface area (Å²) in [6.07, 6.45) is 8.52. The van der Waals surface area contributed by atoms with Crippen LogP contribution in [-0.4, -0.2) is 6.04 Å². The third kappa shape index (κ3) is 2.87. The first-order valence-electron chi connectivity index (χ1n) is 8.54. The van der Waals surface area contributed by atoms with E-state index in [1.807, 2.05) is 6.07 Å². The fourth-order valence-corrected chi connectivity index (χ4v) is 4.03. The first-order chi connectivity index (χ1) is 10.3. The Bertz CT molecular complexity index is 580. The van der Waals surface area contributed by atoms with Crippen molar-refractivity contribution in [3.63, 3.8) is 0 Å². The van der Waals surface area contributed by atoms with Gasteiger partial charge in [0.15, 0.2) is 0 Å². The molecule has 2 heteroatoms. The van der Waals surface area contributed by atoms with Gasteiger partial charge in [-0.1, -0.05) is 31.0 Å². The number of furan rings is 1. The third-order valence-electron chi connectivity index (χ3n) is 5.36. The Hall–Kier alpha value is -1.28. The molecule has 0 bridgehead atoms. The molecule has 2 saturated carbocycles. The van der Waals surface area contributed by atoms with Gasteiger partial charge in [0.05, 0.1) is 6.04 Å². The van der Waals surface area contributed by atoms with E-state index >= 15 is 0 Å². The molecule has 0 amide bonds. The Labute approximate surface area is 126 Å². The molecule has 1 heterocycles. The van der Waals surface area contributed by atoms with Crippen LogP contribution in [0.3, 0.4) is 0 Å². The van der Waals surface area contributed by atoms with Gasteiger partial charge in [0.25, 0.3) is 0 Å². The van der Waals surface area contributed by atoms with Crippen molar-refractivity contribution in [1.29, 1.82) is 0 Å². The summed E-state index contributed by atoms with van der Waals surface area (Å²) in [5.41, 5.74) is 1.00. The minimum atomic E-state index is 0.306. The van der Waals surface area contributed by atoms with Gasteiger partial charge in [0, 0.05) is 11.4 Å². The van der Waals surface area contributed by atoms with Crippen molar-refractivity contribution in [2.45, 2.75) is 57.5 Å². The normalized spacial score (nSPS) is 27.9. The lowest BCUT2D eigenvalue weighted by Crippen LogP contribution is -2.36. The van der Waals surface area contributed by atoms with Crippen LogP contribution in [-0.2, 0) is 0 Å². The number of benzene rings is 1. The lowest BCUT2D eigenvalue weighted by Gasteiger charge is -2.31. The van der Waals surface area contributed by atoms with E-state index in [-0.39, 0.29) is 0 Å². The van der Waals surface area contributed by atoms with E-state index in [0.29, 0.717) is 12.1 Å². The zero-order valence-corrected chi connectivity index (χ0v) is 12.8. The van der Waals surface area contributed by atoms with Crippen LogP contribution >= 0.6 is 0 Å². The van der Waals surface area contributed by atoms with E-state index < -0.39 is 0 Å². The molecule has 0 saturated heterocycles. The Morgan fingerprint density at radius 1 is 1.10 bits per heavy atom. The van der Waals surface area contributed by atoms with Gasteiger partial charge in [-0.15, -0.1) is 0 Å². The highest BCUT2D eigenvalue weighted by Crippen LogP contribution is 2.44. The molecular formula is C19H25NO. The number of para-hydroxylation sites is 1. The molecule has 1 N–H and O–H groups in total. The van der Waals surface area contributed by atoms with Crippen molar-refractivity contribution < 1.29 is 4.42 Å². The third-order valence-corrected chi connectivity index (χ3v) is 5.36. The monoisotopic (exact) mass is 283 g/mol. The van der Waals surface area contributed by atoms with Gasteiger partial charge in [-0.05, 0) is 56.6 Å². The predicted molar refractivity (Wildman–Crippen MR) is 86.2 cm³/mol. The minimum absolute atomic E-state index is 0.306. The second-order valence-electron chi connectivity index (χ2n) is 7.04. The van der Waals surface area contributed by atoms with Crippen LogP contribution in [0.5, 0.6) is 0 Å². The predicted octanol–water partition coefficient (Wildman–Crippen LogP) is 5.05. The summed E-state index contributed by atoms with van der Waals surface area (Å²) in [5.74, 6) is 3.11. The van der Waals surface area contributed by atoms with Gasteiger partial charge in [-0.3, -0.25) is 0 Å². The molecule has 3 unspecified atom stereocenters. The summed E-state index contributed by atoms with van der Waals surface area (Å²) in [4.78, 5) is 0. The molecule has 0 spiro atoms. The van der Waals surface area contributed by atoms with Crippen LogP contribution < -0.4 is 5.32 Å². The summed E-state index contributed by atoms with van der Waals surface area (Å²) in [5, 5.41) is 5.02. The molecule has 2 aliphatic carbocycles. The van der Waals surface area contributed by atoms with Crippen LogP contribution in [0.2, 0.25) is 0 Å². The van der Waals surface area contributed by atoms with Crippen molar-refractivity contribution in [3.05, 3.63) is 36.1 Å². The number of hydrogen-bond donors (Lipinski definition) is 1. The molecule has 21 heavy (non-hydrogen) atoms. The quantitative estimate of drug-likeness (QED) is 0.849. The molecule has 1 aromatic heterocycles. The van der Waals surface area contributed by atoms with Crippen LogP contribution in [0.1, 0.15) is 57.3 Å².